The molecule has 0 amide bonds. The van der Waals surface area contributed by atoms with Crippen LogP contribution in [0.1, 0.15) is 11.3 Å². The summed E-state index contributed by atoms with van der Waals surface area (Å²) in [5, 5.41) is 10.2. The average molecular weight is 257 g/mol. The van der Waals surface area contributed by atoms with Gasteiger partial charge in [0, 0.05) is 6.54 Å². The van der Waals surface area contributed by atoms with Crippen LogP contribution in [0.15, 0.2) is 30.6 Å². The number of anilines is 1. The molecule has 6 heteroatoms. The zero-order valence-corrected chi connectivity index (χ0v) is 10.3. The molecule has 0 aliphatic heterocycles. The highest BCUT2D eigenvalue weighted by Crippen LogP contribution is 2.19. The Morgan fingerprint density at radius 2 is 2.16 bits per heavy atom. The van der Waals surface area contributed by atoms with Crippen molar-refractivity contribution in [3.63, 3.8) is 0 Å². The molecule has 19 heavy (non-hydrogen) atoms. The first-order valence-electron chi connectivity index (χ1n) is 5.88. The molecule has 1 aromatic carbocycles. The molecule has 96 valence electrons. The van der Waals surface area contributed by atoms with Crippen molar-refractivity contribution < 1.29 is 4.39 Å². The monoisotopic (exact) mass is 257 g/mol. The van der Waals surface area contributed by atoms with Gasteiger partial charge in [0.2, 0.25) is 0 Å². The van der Waals surface area contributed by atoms with Crippen molar-refractivity contribution in [2.24, 2.45) is 0 Å². The Balaban J connectivity index is 1.86. The molecule has 0 saturated heterocycles. The Bertz CT molecular complexity index is 722. The molecule has 0 atom stereocenters. The van der Waals surface area contributed by atoms with Crippen molar-refractivity contribution in [1.82, 2.24) is 20.2 Å². The SMILES string of the molecule is Cc1[nH]nc2c(NCc3cccc(F)c3)ncnc12. The third-order valence-electron chi connectivity index (χ3n) is 2.86. The summed E-state index contributed by atoms with van der Waals surface area (Å²) in [5.74, 6) is 0.390. The fourth-order valence-electron chi connectivity index (χ4n) is 1.91. The zero-order valence-electron chi connectivity index (χ0n) is 10.3. The lowest BCUT2D eigenvalue weighted by molar-refractivity contribution is 0.626. The van der Waals surface area contributed by atoms with Gasteiger partial charge in [-0.25, -0.2) is 14.4 Å². The second kappa shape index (κ2) is 4.64. The average Bonchev–Trinajstić information content (AvgIpc) is 2.79. The number of H-pyrrole nitrogens is 1. The third kappa shape index (κ3) is 2.24. The lowest BCUT2D eigenvalue weighted by atomic mass is 10.2. The Morgan fingerprint density at radius 1 is 1.26 bits per heavy atom. The predicted molar refractivity (Wildman–Crippen MR) is 70.1 cm³/mol. The molecule has 0 spiro atoms. The number of hydrogen-bond donors (Lipinski definition) is 2. The Labute approximate surface area is 108 Å². The van der Waals surface area contributed by atoms with E-state index in [2.05, 4.69) is 25.5 Å². The van der Waals surface area contributed by atoms with Gasteiger partial charge >= 0.3 is 0 Å². The number of rotatable bonds is 3. The van der Waals surface area contributed by atoms with E-state index in [9.17, 15) is 4.39 Å². The highest BCUT2D eigenvalue weighted by Gasteiger charge is 2.08. The van der Waals surface area contributed by atoms with Crippen LogP contribution in [0.5, 0.6) is 0 Å². The van der Waals surface area contributed by atoms with Crippen LogP contribution in [0, 0.1) is 12.7 Å². The van der Waals surface area contributed by atoms with Gasteiger partial charge in [0.25, 0.3) is 0 Å². The first-order valence-corrected chi connectivity index (χ1v) is 5.88. The fraction of sp³-hybridized carbons (Fsp3) is 0.154. The molecule has 0 aliphatic rings. The molecule has 3 aromatic rings. The summed E-state index contributed by atoms with van der Waals surface area (Å²) in [6, 6.07) is 6.44. The quantitative estimate of drug-likeness (QED) is 0.756. The van der Waals surface area contributed by atoms with Crippen LogP contribution in [0.2, 0.25) is 0 Å². The second-order valence-corrected chi connectivity index (χ2v) is 4.25. The molecule has 5 nitrogen and oxygen atoms in total. The van der Waals surface area contributed by atoms with Gasteiger partial charge in [-0.1, -0.05) is 12.1 Å². The molecule has 3 rings (SSSR count). The van der Waals surface area contributed by atoms with E-state index in [-0.39, 0.29) is 5.82 Å². The van der Waals surface area contributed by atoms with E-state index < -0.39 is 0 Å². The Hall–Kier alpha value is -2.50. The van der Waals surface area contributed by atoms with E-state index in [4.69, 9.17) is 0 Å². The highest BCUT2D eigenvalue weighted by atomic mass is 19.1. The van der Waals surface area contributed by atoms with Gasteiger partial charge in [-0.05, 0) is 24.6 Å². The van der Waals surface area contributed by atoms with Gasteiger partial charge in [0.15, 0.2) is 11.3 Å². The molecule has 0 bridgehead atoms. The fourth-order valence-corrected chi connectivity index (χ4v) is 1.91. The minimum Gasteiger partial charge on any atom is -0.364 e. The van der Waals surface area contributed by atoms with Crippen molar-refractivity contribution in [2.45, 2.75) is 13.5 Å². The molecular weight excluding hydrogens is 245 g/mol. The Morgan fingerprint density at radius 3 is 3.00 bits per heavy atom. The van der Waals surface area contributed by atoms with Gasteiger partial charge in [0.05, 0.1) is 5.69 Å². The molecule has 2 heterocycles. The topological polar surface area (TPSA) is 66.5 Å². The molecular formula is C13H12FN5. The molecule has 0 radical (unpaired) electrons. The van der Waals surface area contributed by atoms with Gasteiger partial charge in [-0.3, -0.25) is 5.10 Å². The maximum Gasteiger partial charge on any atom is 0.158 e. The van der Waals surface area contributed by atoms with Gasteiger partial charge in [-0.2, -0.15) is 5.10 Å². The summed E-state index contributed by atoms with van der Waals surface area (Å²) in [7, 11) is 0. The van der Waals surface area contributed by atoms with Crippen molar-refractivity contribution in [3.8, 4) is 0 Å². The number of fused-ring (bicyclic) bond motifs is 1. The van der Waals surface area contributed by atoms with Crippen LogP contribution in [-0.2, 0) is 6.54 Å². The van der Waals surface area contributed by atoms with Crippen molar-refractivity contribution in [1.29, 1.82) is 0 Å². The van der Waals surface area contributed by atoms with Gasteiger partial charge < -0.3 is 5.32 Å². The summed E-state index contributed by atoms with van der Waals surface area (Å²) in [4.78, 5) is 8.32. The number of nitrogens with one attached hydrogen (secondary N) is 2. The smallest absolute Gasteiger partial charge is 0.158 e. The summed E-state index contributed by atoms with van der Waals surface area (Å²) < 4.78 is 13.1. The van der Waals surface area contributed by atoms with E-state index in [0.29, 0.717) is 17.9 Å². The van der Waals surface area contributed by atoms with Crippen LogP contribution in [-0.4, -0.2) is 20.2 Å². The second-order valence-electron chi connectivity index (χ2n) is 4.25. The number of benzene rings is 1. The van der Waals surface area contributed by atoms with Crippen molar-refractivity contribution >= 4 is 16.9 Å². The molecule has 0 saturated carbocycles. The standard InChI is InChI=1S/C13H12FN5/c1-8-11-12(19-18-8)13(17-7-16-11)15-6-9-3-2-4-10(14)5-9/h2-5,7H,6H2,1H3,(H,18,19)(H,15,16,17). The van der Waals surface area contributed by atoms with E-state index in [1.807, 2.05) is 13.0 Å². The molecule has 2 aromatic heterocycles. The number of aromatic amines is 1. The van der Waals surface area contributed by atoms with Crippen LogP contribution < -0.4 is 5.32 Å². The number of aryl methyl sites for hydroxylation is 1. The van der Waals surface area contributed by atoms with Crippen LogP contribution in [0.4, 0.5) is 10.2 Å². The first kappa shape index (κ1) is 11.6. The van der Waals surface area contributed by atoms with E-state index in [1.165, 1.54) is 18.5 Å². The van der Waals surface area contributed by atoms with E-state index in [0.717, 1.165) is 16.8 Å². The summed E-state index contributed by atoms with van der Waals surface area (Å²) in [6.07, 6.45) is 1.48. The third-order valence-corrected chi connectivity index (χ3v) is 2.86. The molecule has 0 aliphatic carbocycles. The van der Waals surface area contributed by atoms with Gasteiger partial charge in [-0.15, -0.1) is 0 Å². The molecule has 0 unspecified atom stereocenters. The number of hydrogen-bond acceptors (Lipinski definition) is 4. The Kier molecular flexibility index (Phi) is 2.83. The maximum absolute atomic E-state index is 13.1. The summed E-state index contributed by atoms with van der Waals surface area (Å²) in [6.45, 7) is 2.38. The van der Waals surface area contributed by atoms with Crippen LogP contribution in [0.3, 0.4) is 0 Å². The molecule has 2 N–H and O–H groups in total. The van der Waals surface area contributed by atoms with Gasteiger partial charge in [0.1, 0.15) is 17.7 Å². The number of aromatic nitrogens is 4. The highest BCUT2D eigenvalue weighted by molar-refractivity contribution is 5.86. The number of halogens is 1. The predicted octanol–water partition coefficient (Wildman–Crippen LogP) is 2.41. The normalized spacial score (nSPS) is 10.8. The summed E-state index contributed by atoms with van der Waals surface area (Å²) in [5.41, 5.74) is 3.22. The maximum atomic E-state index is 13.1. The first-order chi connectivity index (χ1) is 9.24. The zero-order chi connectivity index (χ0) is 13.2. The van der Waals surface area contributed by atoms with E-state index >= 15 is 0 Å². The van der Waals surface area contributed by atoms with Crippen LogP contribution >= 0.6 is 0 Å². The van der Waals surface area contributed by atoms with Crippen molar-refractivity contribution in [3.05, 3.63) is 47.7 Å². The lowest BCUT2D eigenvalue weighted by Gasteiger charge is -2.05. The number of nitrogens with zero attached hydrogens (tertiary/aromatic N) is 3. The van der Waals surface area contributed by atoms with Crippen LogP contribution in [0.25, 0.3) is 11.0 Å². The minimum atomic E-state index is -0.247. The lowest BCUT2D eigenvalue weighted by Crippen LogP contribution is -2.02. The minimum absolute atomic E-state index is 0.247. The molecule has 0 fully saturated rings. The van der Waals surface area contributed by atoms with E-state index in [1.54, 1.807) is 6.07 Å². The summed E-state index contributed by atoms with van der Waals surface area (Å²) >= 11 is 0. The van der Waals surface area contributed by atoms with Crippen molar-refractivity contribution in [2.75, 3.05) is 5.32 Å². The largest absolute Gasteiger partial charge is 0.364 e.